The topological polar surface area (TPSA) is 58.1 Å². The third-order valence-corrected chi connectivity index (χ3v) is 4.99. The summed E-state index contributed by atoms with van der Waals surface area (Å²) in [5.74, 6) is 1.97. The van der Waals surface area contributed by atoms with Gasteiger partial charge in [-0.25, -0.2) is 9.97 Å². The molecule has 1 N–H and O–H groups in total. The molecule has 0 aromatic carbocycles. The molecular formula is C17H26N4O. The van der Waals surface area contributed by atoms with Gasteiger partial charge in [-0.2, -0.15) is 0 Å². The van der Waals surface area contributed by atoms with Crippen LogP contribution in [0.25, 0.3) is 0 Å². The molecule has 22 heavy (non-hydrogen) atoms. The highest BCUT2D eigenvalue weighted by Crippen LogP contribution is 2.24. The zero-order valence-electron chi connectivity index (χ0n) is 13.2. The summed E-state index contributed by atoms with van der Waals surface area (Å²) in [5, 5.41) is 3.19. The van der Waals surface area contributed by atoms with Gasteiger partial charge in [0.05, 0.1) is 0 Å². The Morgan fingerprint density at radius 1 is 1.09 bits per heavy atom. The summed E-state index contributed by atoms with van der Waals surface area (Å²) in [6, 6.07) is 1.84. The third kappa shape index (κ3) is 3.96. The molecule has 1 amide bonds. The maximum Gasteiger partial charge on any atom is 0.225 e. The monoisotopic (exact) mass is 302 g/mol. The highest BCUT2D eigenvalue weighted by atomic mass is 16.1. The van der Waals surface area contributed by atoms with E-state index >= 15 is 0 Å². The van der Waals surface area contributed by atoms with Crippen molar-refractivity contribution in [3.63, 3.8) is 0 Å². The molecule has 120 valence electrons. The van der Waals surface area contributed by atoms with Crippen molar-refractivity contribution in [3.05, 3.63) is 18.5 Å². The van der Waals surface area contributed by atoms with E-state index in [2.05, 4.69) is 20.2 Å². The number of piperidine rings is 1. The SMILES string of the molecule is O=C(NCC1CCN(c2ncccn2)CC1)C1CCCCC1. The molecule has 2 heterocycles. The number of carbonyl (C=O) groups excluding carboxylic acids is 1. The van der Waals surface area contributed by atoms with Crippen molar-refractivity contribution < 1.29 is 4.79 Å². The summed E-state index contributed by atoms with van der Waals surface area (Å²) in [6.07, 6.45) is 11.7. The molecule has 1 aliphatic carbocycles. The number of aromatic nitrogens is 2. The average molecular weight is 302 g/mol. The molecule has 0 bridgehead atoms. The molecular weight excluding hydrogens is 276 g/mol. The van der Waals surface area contributed by atoms with Crippen LogP contribution in [-0.2, 0) is 4.79 Å². The zero-order valence-corrected chi connectivity index (χ0v) is 13.2. The van der Waals surface area contributed by atoms with Gasteiger partial charge in [0, 0.05) is 37.9 Å². The Kier molecular flexibility index (Phi) is 5.24. The Hall–Kier alpha value is -1.65. The maximum absolute atomic E-state index is 12.2. The summed E-state index contributed by atoms with van der Waals surface area (Å²) in [5.41, 5.74) is 0. The van der Waals surface area contributed by atoms with Crippen LogP contribution < -0.4 is 10.2 Å². The predicted octanol–water partition coefficient (Wildman–Crippen LogP) is 2.39. The fourth-order valence-electron chi connectivity index (χ4n) is 3.55. The molecule has 2 aliphatic rings. The summed E-state index contributed by atoms with van der Waals surface area (Å²) in [4.78, 5) is 23.0. The molecule has 1 aliphatic heterocycles. The Morgan fingerprint density at radius 2 is 1.77 bits per heavy atom. The van der Waals surface area contributed by atoms with E-state index in [0.717, 1.165) is 51.3 Å². The van der Waals surface area contributed by atoms with E-state index in [0.29, 0.717) is 5.92 Å². The molecule has 5 nitrogen and oxygen atoms in total. The van der Waals surface area contributed by atoms with Crippen LogP contribution in [-0.4, -0.2) is 35.5 Å². The van der Waals surface area contributed by atoms with Crippen molar-refractivity contribution in [2.45, 2.75) is 44.9 Å². The highest BCUT2D eigenvalue weighted by molar-refractivity contribution is 5.78. The highest BCUT2D eigenvalue weighted by Gasteiger charge is 2.24. The normalized spacial score (nSPS) is 20.8. The minimum Gasteiger partial charge on any atom is -0.356 e. The van der Waals surface area contributed by atoms with Crippen LogP contribution in [0.15, 0.2) is 18.5 Å². The van der Waals surface area contributed by atoms with Gasteiger partial charge in [0.25, 0.3) is 0 Å². The van der Waals surface area contributed by atoms with E-state index in [1.807, 2.05) is 6.07 Å². The number of anilines is 1. The second kappa shape index (κ2) is 7.56. The molecule has 0 atom stereocenters. The van der Waals surface area contributed by atoms with Crippen molar-refractivity contribution in [1.29, 1.82) is 0 Å². The second-order valence-corrected chi connectivity index (χ2v) is 6.56. The van der Waals surface area contributed by atoms with Gasteiger partial charge in [0.15, 0.2) is 0 Å². The number of carbonyl (C=O) groups is 1. The molecule has 5 heteroatoms. The van der Waals surface area contributed by atoms with Crippen LogP contribution in [0, 0.1) is 11.8 Å². The van der Waals surface area contributed by atoms with Crippen LogP contribution in [0.5, 0.6) is 0 Å². The van der Waals surface area contributed by atoms with Gasteiger partial charge in [-0.05, 0) is 37.7 Å². The molecule has 1 saturated carbocycles. The van der Waals surface area contributed by atoms with Gasteiger partial charge in [0.1, 0.15) is 0 Å². The van der Waals surface area contributed by atoms with Gasteiger partial charge in [0.2, 0.25) is 11.9 Å². The first-order valence-electron chi connectivity index (χ1n) is 8.62. The van der Waals surface area contributed by atoms with Crippen LogP contribution in [0.1, 0.15) is 44.9 Å². The minimum atomic E-state index is 0.270. The minimum absolute atomic E-state index is 0.270. The van der Waals surface area contributed by atoms with Crippen molar-refractivity contribution in [3.8, 4) is 0 Å². The number of nitrogens with zero attached hydrogens (tertiary/aromatic N) is 3. The predicted molar refractivity (Wildman–Crippen MR) is 86.6 cm³/mol. The molecule has 1 saturated heterocycles. The van der Waals surface area contributed by atoms with Crippen molar-refractivity contribution in [1.82, 2.24) is 15.3 Å². The van der Waals surface area contributed by atoms with Crippen LogP contribution >= 0.6 is 0 Å². The quantitative estimate of drug-likeness (QED) is 0.928. The molecule has 0 unspecified atom stereocenters. The molecule has 1 aromatic heterocycles. The van der Waals surface area contributed by atoms with Gasteiger partial charge in [-0.1, -0.05) is 19.3 Å². The summed E-state index contributed by atoms with van der Waals surface area (Å²) >= 11 is 0. The van der Waals surface area contributed by atoms with Crippen molar-refractivity contribution >= 4 is 11.9 Å². The van der Waals surface area contributed by atoms with Gasteiger partial charge in [-0.15, -0.1) is 0 Å². The van der Waals surface area contributed by atoms with Gasteiger partial charge < -0.3 is 10.2 Å². The van der Waals surface area contributed by atoms with E-state index in [4.69, 9.17) is 0 Å². The maximum atomic E-state index is 12.2. The average Bonchev–Trinajstić information content (AvgIpc) is 2.61. The molecule has 0 spiro atoms. The molecule has 2 fully saturated rings. The van der Waals surface area contributed by atoms with E-state index in [-0.39, 0.29) is 11.8 Å². The van der Waals surface area contributed by atoms with E-state index in [9.17, 15) is 4.79 Å². The zero-order chi connectivity index (χ0) is 15.2. The lowest BCUT2D eigenvalue weighted by atomic mass is 9.88. The lowest BCUT2D eigenvalue weighted by Crippen LogP contribution is -2.41. The molecule has 1 aromatic rings. The summed E-state index contributed by atoms with van der Waals surface area (Å²) < 4.78 is 0. The Morgan fingerprint density at radius 3 is 2.45 bits per heavy atom. The largest absolute Gasteiger partial charge is 0.356 e. The standard InChI is InChI=1S/C17H26N4O/c22-16(15-5-2-1-3-6-15)20-13-14-7-11-21(12-8-14)17-18-9-4-10-19-17/h4,9-10,14-15H,1-3,5-8,11-13H2,(H,20,22). The summed E-state index contributed by atoms with van der Waals surface area (Å²) in [6.45, 7) is 2.79. The van der Waals surface area contributed by atoms with Crippen LogP contribution in [0.3, 0.4) is 0 Å². The number of amides is 1. The molecule has 0 radical (unpaired) electrons. The first kappa shape index (κ1) is 15.3. The van der Waals surface area contributed by atoms with Gasteiger partial charge >= 0.3 is 0 Å². The third-order valence-electron chi connectivity index (χ3n) is 4.99. The lowest BCUT2D eigenvalue weighted by molar-refractivity contribution is -0.126. The Bertz CT molecular complexity index is 465. The van der Waals surface area contributed by atoms with Crippen LogP contribution in [0.4, 0.5) is 5.95 Å². The number of rotatable bonds is 4. The fraction of sp³-hybridized carbons (Fsp3) is 0.706. The van der Waals surface area contributed by atoms with Crippen LogP contribution in [0.2, 0.25) is 0 Å². The lowest BCUT2D eigenvalue weighted by Gasteiger charge is -2.32. The second-order valence-electron chi connectivity index (χ2n) is 6.56. The summed E-state index contributed by atoms with van der Waals surface area (Å²) in [7, 11) is 0. The first-order valence-corrected chi connectivity index (χ1v) is 8.62. The van der Waals surface area contributed by atoms with E-state index in [1.54, 1.807) is 12.4 Å². The number of hydrogen-bond donors (Lipinski definition) is 1. The van der Waals surface area contributed by atoms with E-state index < -0.39 is 0 Å². The van der Waals surface area contributed by atoms with Crippen molar-refractivity contribution in [2.75, 3.05) is 24.5 Å². The van der Waals surface area contributed by atoms with Crippen molar-refractivity contribution in [2.24, 2.45) is 11.8 Å². The fourth-order valence-corrected chi connectivity index (χ4v) is 3.55. The number of hydrogen-bond acceptors (Lipinski definition) is 4. The van der Waals surface area contributed by atoms with Gasteiger partial charge in [-0.3, -0.25) is 4.79 Å². The Balaban J connectivity index is 1.39. The smallest absolute Gasteiger partial charge is 0.225 e. The van der Waals surface area contributed by atoms with E-state index in [1.165, 1.54) is 19.3 Å². The number of nitrogens with one attached hydrogen (secondary N) is 1. The Labute approximate surface area is 132 Å². The molecule has 3 rings (SSSR count). The first-order chi connectivity index (χ1) is 10.8.